The van der Waals surface area contributed by atoms with Crippen molar-refractivity contribution in [1.82, 2.24) is 15.0 Å². The van der Waals surface area contributed by atoms with Crippen LogP contribution in [0.2, 0.25) is 0 Å². The number of anilines is 1. The number of pyridine rings is 2. The third kappa shape index (κ3) is 2.36. The molecule has 1 N–H and O–H groups in total. The van der Waals surface area contributed by atoms with Crippen LogP contribution in [0.1, 0.15) is 6.92 Å². The fourth-order valence-corrected chi connectivity index (χ4v) is 6.38. The van der Waals surface area contributed by atoms with Crippen LogP contribution in [0.3, 0.4) is 0 Å². The van der Waals surface area contributed by atoms with Crippen molar-refractivity contribution in [3.8, 4) is 21.8 Å². The Balaban J connectivity index is 1.84. The van der Waals surface area contributed by atoms with Crippen LogP contribution in [-0.4, -0.2) is 24.9 Å². The van der Waals surface area contributed by atoms with Crippen molar-refractivity contribution in [2.75, 3.05) is 5.32 Å². The normalized spacial score (nSPS) is 19.1. The fraction of sp³-hybridized carbons (Fsp3) is 0.118. The molecule has 0 saturated heterocycles. The standard InChI is InChI=1S/C17H12N4OS3/c1-9-20-14-13-11(10-3-2-4-18-8-10)7-12(15-19-5-6-23-15)21-16(13)24-17(14)25(9)22/h2-9,20H,1H3. The highest BCUT2D eigenvalue weighted by Crippen LogP contribution is 2.48. The number of thiazole rings is 1. The molecule has 0 fully saturated rings. The van der Waals surface area contributed by atoms with Crippen LogP contribution in [0, 0.1) is 0 Å². The summed E-state index contributed by atoms with van der Waals surface area (Å²) < 4.78 is 13.4. The Hall–Kier alpha value is -2.00. The molecule has 4 aromatic heterocycles. The van der Waals surface area contributed by atoms with Crippen LogP contribution in [0.25, 0.3) is 32.0 Å². The van der Waals surface area contributed by atoms with E-state index in [2.05, 4.69) is 21.4 Å². The van der Waals surface area contributed by atoms with Crippen molar-refractivity contribution >= 4 is 49.8 Å². The second-order valence-electron chi connectivity index (χ2n) is 5.66. The highest BCUT2D eigenvalue weighted by Gasteiger charge is 2.37. The molecule has 0 bridgehead atoms. The highest BCUT2D eigenvalue weighted by molar-refractivity contribution is 7.94. The zero-order chi connectivity index (χ0) is 17.0. The van der Waals surface area contributed by atoms with Crippen LogP contribution < -0.4 is 5.32 Å². The minimum atomic E-state index is -1.04. The quantitative estimate of drug-likeness (QED) is 0.520. The lowest BCUT2D eigenvalue weighted by Crippen LogP contribution is -2.17. The van der Waals surface area contributed by atoms with Crippen molar-refractivity contribution in [3.05, 3.63) is 42.2 Å². The van der Waals surface area contributed by atoms with Gasteiger partial charge in [-0.3, -0.25) is 4.98 Å². The van der Waals surface area contributed by atoms with Gasteiger partial charge < -0.3 is 9.87 Å². The van der Waals surface area contributed by atoms with Gasteiger partial charge in [-0.15, -0.1) is 11.3 Å². The molecule has 5 heterocycles. The van der Waals surface area contributed by atoms with E-state index >= 15 is 0 Å². The number of rotatable bonds is 2. The largest absolute Gasteiger partial charge is 0.609 e. The van der Waals surface area contributed by atoms with E-state index in [0.717, 1.165) is 41.9 Å². The van der Waals surface area contributed by atoms with Crippen molar-refractivity contribution in [2.45, 2.75) is 16.5 Å². The number of fused-ring (bicyclic) bond motifs is 3. The summed E-state index contributed by atoms with van der Waals surface area (Å²) in [6, 6.07) is 6.01. The van der Waals surface area contributed by atoms with E-state index in [9.17, 15) is 4.55 Å². The lowest BCUT2D eigenvalue weighted by Gasteiger charge is -2.09. The molecule has 8 heteroatoms. The fourth-order valence-electron chi connectivity index (χ4n) is 2.98. The Bertz CT molecular complexity index is 1060. The summed E-state index contributed by atoms with van der Waals surface area (Å²) in [5, 5.41) is 7.13. The first-order valence-electron chi connectivity index (χ1n) is 7.67. The number of aromatic nitrogens is 3. The molecule has 0 spiro atoms. The third-order valence-corrected chi connectivity index (χ3v) is 7.85. The van der Waals surface area contributed by atoms with Crippen molar-refractivity contribution in [2.24, 2.45) is 0 Å². The van der Waals surface area contributed by atoms with Gasteiger partial charge in [-0.05, 0) is 17.7 Å². The Labute approximate surface area is 155 Å². The van der Waals surface area contributed by atoms with E-state index in [1.807, 2.05) is 30.6 Å². The van der Waals surface area contributed by atoms with Gasteiger partial charge in [0.25, 0.3) is 0 Å². The first kappa shape index (κ1) is 15.3. The number of hydrogen-bond acceptors (Lipinski definition) is 7. The Morgan fingerprint density at radius 1 is 1.32 bits per heavy atom. The molecular formula is C17H12N4OS3. The van der Waals surface area contributed by atoms with Gasteiger partial charge in [0, 0.05) is 53.0 Å². The van der Waals surface area contributed by atoms with E-state index in [-0.39, 0.29) is 5.37 Å². The molecule has 1 aliphatic rings. The Morgan fingerprint density at radius 2 is 2.24 bits per heavy atom. The predicted octanol–water partition coefficient (Wildman–Crippen LogP) is 4.36. The van der Waals surface area contributed by atoms with E-state index in [4.69, 9.17) is 4.98 Å². The molecule has 124 valence electrons. The molecule has 0 saturated carbocycles. The maximum absolute atomic E-state index is 12.5. The van der Waals surface area contributed by atoms with Gasteiger partial charge in [0.15, 0.2) is 5.37 Å². The summed E-state index contributed by atoms with van der Waals surface area (Å²) in [7, 11) is 0. The van der Waals surface area contributed by atoms with Crippen molar-refractivity contribution in [3.63, 3.8) is 0 Å². The molecule has 0 aromatic carbocycles. The van der Waals surface area contributed by atoms with Gasteiger partial charge in [-0.1, -0.05) is 17.4 Å². The molecule has 0 aliphatic carbocycles. The van der Waals surface area contributed by atoms with E-state index in [1.54, 1.807) is 23.7 Å². The molecular weight excluding hydrogens is 372 g/mol. The summed E-state index contributed by atoms with van der Waals surface area (Å²) in [4.78, 5) is 14.3. The van der Waals surface area contributed by atoms with Gasteiger partial charge in [-0.2, -0.15) is 0 Å². The molecule has 0 amide bonds. The predicted molar refractivity (Wildman–Crippen MR) is 103 cm³/mol. The summed E-state index contributed by atoms with van der Waals surface area (Å²) in [5.74, 6) is 0. The summed E-state index contributed by atoms with van der Waals surface area (Å²) in [6.07, 6.45) is 5.39. The lowest BCUT2D eigenvalue weighted by molar-refractivity contribution is 0.593. The third-order valence-electron chi connectivity index (χ3n) is 4.11. The maximum Gasteiger partial charge on any atom is 0.234 e. The van der Waals surface area contributed by atoms with Crippen molar-refractivity contribution in [1.29, 1.82) is 0 Å². The van der Waals surface area contributed by atoms with Gasteiger partial charge in [0.2, 0.25) is 4.21 Å². The minimum absolute atomic E-state index is 0.0777. The van der Waals surface area contributed by atoms with Gasteiger partial charge >= 0.3 is 0 Å². The average molecular weight is 385 g/mol. The number of hydrogen-bond donors (Lipinski definition) is 1. The number of thiophene rings is 1. The van der Waals surface area contributed by atoms with E-state index in [0.29, 0.717) is 0 Å². The second kappa shape index (κ2) is 5.77. The molecule has 2 unspecified atom stereocenters. The van der Waals surface area contributed by atoms with Gasteiger partial charge in [0.1, 0.15) is 21.2 Å². The van der Waals surface area contributed by atoms with Gasteiger partial charge in [0.05, 0.1) is 0 Å². The Morgan fingerprint density at radius 3 is 3.00 bits per heavy atom. The lowest BCUT2D eigenvalue weighted by atomic mass is 10.0. The summed E-state index contributed by atoms with van der Waals surface area (Å²) >= 11 is 2.02. The molecule has 4 aromatic rings. The summed E-state index contributed by atoms with van der Waals surface area (Å²) in [5.41, 5.74) is 3.84. The topological polar surface area (TPSA) is 73.8 Å². The smallest absolute Gasteiger partial charge is 0.234 e. The van der Waals surface area contributed by atoms with Crippen LogP contribution >= 0.6 is 22.7 Å². The second-order valence-corrected chi connectivity index (χ2v) is 9.52. The minimum Gasteiger partial charge on any atom is -0.609 e. The Kier molecular flexibility index (Phi) is 3.53. The highest BCUT2D eigenvalue weighted by atomic mass is 32.2. The van der Waals surface area contributed by atoms with Crippen LogP contribution in [0.15, 0.2) is 46.4 Å². The van der Waals surface area contributed by atoms with E-state index in [1.165, 1.54) is 11.3 Å². The van der Waals surface area contributed by atoms with Gasteiger partial charge in [-0.25, -0.2) is 9.97 Å². The van der Waals surface area contributed by atoms with Crippen LogP contribution in [0.4, 0.5) is 5.69 Å². The van der Waals surface area contributed by atoms with E-state index < -0.39 is 11.2 Å². The van der Waals surface area contributed by atoms with Crippen LogP contribution in [0.5, 0.6) is 0 Å². The van der Waals surface area contributed by atoms with Crippen LogP contribution in [-0.2, 0) is 11.2 Å². The zero-order valence-corrected chi connectivity index (χ0v) is 15.5. The zero-order valence-electron chi connectivity index (χ0n) is 13.1. The summed E-state index contributed by atoms with van der Waals surface area (Å²) in [6.45, 7) is 1.94. The molecule has 0 radical (unpaired) electrons. The molecule has 5 rings (SSSR count). The molecule has 2 atom stereocenters. The molecule has 1 aliphatic heterocycles. The van der Waals surface area contributed by atoms with Crippen molar-refractivity contribution < 1.29 is 4.55 Å². The number of nitrogens with zero attached hydrogens (tertiary/aromatic N) is 3. The molecule has 5 nitrogen and oxygen atoms in total. The molecule has 25 heavy (non-hydrogen) atoms. The average Bonchev–Trinajstić information content (AvgIpc) is 3.34. The number of nitrogens with one attached hydrogen (secondary N) is 1. The first-order valence-corrected chi connectivity index (χ1v) is 10.6. The first-order chi connectivity index (χ1) is 12.2. The monoisotopic (exact) mass is 384 g/mol. The maximum atomic E-state index is 12.5. The SMILES string of the molecule is CC1Nc2c(sc3nc(-c4nccs4)cc(-c4cccnc4)c23)[S+]1[O-].